The van der Waals surface area contributed by atoms with Crippen LogP contribution < -0.4 is 0 Å². The highest BCUT2D eigenvalue weighted by molar-refractivity contribution is 5.17. The van der Waals surface area contributed by atoms with Gasteiger partial charge in [0, 0.05) is 38.3 Å². The van der Waals surface area contributed by atoms with Crippen molar-refractivity contribution >= 4 is 0 Å². The van der Waals surface area contributed by atoms with Crippen molar-refractivity contribution in [3.8, 4) is 0 Å². The predicted octanol–water partition coefficient (Wildman–Crippen LogP) is 3.29. The van der Waals surface area contributed by atoms with E-state index < -0.39 is 0 Å². The molecule has 0 amide bonds. The van der Waals surface area contributed by atoms with Gasteiger partial charge in [0.25, 0.3) is 0 Å². The Labute approximate surface area is 150 Å². The van der Waals surface area contributed by atoms with Crippen LogP contribution in [0.25, 0.3) is 0 Å². The molecular formula is C22H28N2O. The number of likely N-dealkylation sites (tertiary alicyclic amines) is 2. The molecule has 2 saturated heterocycles. The molecule has 0 aromatic heterocycles. The molecule has 0 saturated carbocycles. The minimum absolute atomic E-state index is 0.176. The highest BCUT2D eigenvalue weighted by Gasteiger charge is 2.46. The number of hydrogen-bond acceptors (Lipinski definition) is 3. The fourth-order valence-electron chi connectivity index (χ4n) is 4.61. The van der Waals surface area contributed by atoms with Gasteiger partial charge in [0.1, 0.15) is 0 Å². The van der Waals surface area contributed by atoms with Crippen molar-refractivity contribution in [1.29, 1.82) is 0 Å². The van der Waals surface area contributed by atoms with Crippen LogP contribution in [0.5, 0.6) is 0 Å². The summed E-state index contributed by atoms with van der Waals surface area (Å²) in [6.45, 7) is 5.04. The molecule has 1 unspecified atom stereocenters. The Balaban J connectivity index is 1.41. The number of β-amino-alcohol motifs (C(OH)–C–C–N with tert-alkyl or cyclic N) is 1. The minimum Gasteiger partial charge on any atom is -0.392 e. The fraction of sp³-hybridized carbons (Fsp3) is 0.455. The lowest BCUT2D eigenvalue weighted by molar-refractivity contribution is 0.0449. The lowest BCUT2D eigenvalue weighted by atomic mass is 9.84. The van der Waals surface area contributed by atoms with E-state index in [2.05, 4.69) is 70.5 Å². The second kappa shape index (κ2) is 7.28. The van der Waals surface area contributed by atoms with E-state index >= 15 is 0 Å². The SMILES string of the molecule is OC1CN(Cc2ccccc2)C2(CCN(Cc3ccccc3)CC2)C1. The van der Waals surface area contributed by atoms with Gasteiger partial charge in [-0.3, -0.25) is 9.80 Å². The average Bonchev–Trinajstić information content (AvgIpc) is 2.94. The van der Waals surface area contributed by atoms with Crippen LogP contribution in [-0.2, 0) is 13.1 Å². The topological polar surface area (TPSA) is 26.7 Å². The van der Waals surface area contributed by atoms with Crippen molar-refractivity contribution in [3.63, 3.8) is 0 Å². The summed E-state index contributed by atoms with van der Waals surface area (Å²) in [5.74, 6) is 0. The second-order valence-corrected chi connectivity index (χ2v) is 7.71. The summed E-state index contributed by atoms with van der Waals surface area (Å²) in [5.41, 5.74) is 2.93. The zero-order valence-corrected chi connectivity index (χ0v) is 14.8. The number of rotatable bonds is 4. The molecule has 0 radical (unpaired) electrons. The third-order valence-electron chi connectivity index (χ3n) is 5.97. The molecule has 1 spiro atoms. The summed E-state index contributed by atoms with van der Waals surface area (Å²) in [7, 11) is 0. The summed E-state index contributed by atoms with van der Waals surface area (Å²) in [5, 5.41) is 10.3. The second-order valence-electron chi connectivity index (χ2n) is 7.71. The summed E-state index contributed by atoms with van der Waals surface area (Å²) in [4.78, 5) is 5.11. The molecule has 25 heavy (non-hydrogen) atoms. The first kappa shape index (κ1) is 16.8. The van der Waals surface area contributed by atoms with Gasteiger partial charge in [0.15, 0.2) is 0 Å². The van der Waals surface area contributed by atoms with Crippen LogP contribution in [0.2, 0.25) is 0 Å². The van der Waals surface area contributed by atoms with E-state index in [0.717, 1.165) is 52.0 Å². The third kappa shape index (κ3) is 3.79. The Hall–Kier alpha value is -1.68. The standard InChI is InChI=1S/C22H28N2O/c25-21-15-22(24(18-21)17-20-9-5-2-6-10-20)11-13-23(14-12-22)16-19-7-3-1-4-8-19/h1-10,21,25H,11-18H2. The van der Waals surface area contributed by atoms with Crippen LogP contribution in [-0.4, -0.2) is 46.2 Å². The van der Waals surface area contributed by atoms with Crippen molar-refractivity contribution in [2.45, 2.75) is 44.0 Å². The van der Waals surface area contributed by atoms with E-state index in [-0.39, 0.29) is 11.6 Å². The highest BCUT2D eigenvalue weighted by Crippen LogP contribution is 2.39. The van der Waals surface area contributed by atoms with Crippen molar-refractivity contribution in [1.82, 2.24) is 9.80 Å². The number of piperidine rings is 1. The summed E-state index contributed by atoms with van der Waals surface area (Å²) >= 11 is 0. The maximum Gasteiger partial charge on any atom is 0.0685 e. The van der Waals surface area contributed by atoms with Crippen molar-refractivity contribution in [2.24, 2.45) is 0 Å². The first-order valence-electron chi connectivity index (χ1n) is 9.47. The monoisotopic (exact) mass is 336 g/mol. The highest BCUT2D eigenvalue weighted by atomic mass is 16.3. The molecule has 0 bridgehead atoms. The predicted molar refractivity (Wildman–Crippen MR) is 101 cm³/mol. The van der Waals surface area contributed by atoms with Crippen LogP contribution in [0.15, 0.2) is 60.7 Å². The summed E-state index contributed by atoms with van der Waals surface area (Å²) in [6, 6.07) is 21.4. The van der Waals surface area contributed by atoms with E-state index in [1.165, 1.54) is 11.1 Å². The van der Waals surface area contributed by atoms with E-state index in [0.29, 0.717) is 0 Å². The van der Waals surface area contributed by atoms with Gasteiger partial charge in [-0.25, -0.2) is 0 Å². The van der Waals surface area contributed by atoms with Gasteiger partial charge in [0.05, 0.1) is 6.10 Å². The molecule has 0 aliphatic carbocycles. The first-order chi connectivity index (χ1) is 12.2. The number of aliphatic hydroxyl groups is 1. The van der Waals surface area contributed by atoms with Crippen LogP contribution in [0.4, 0.5) is 0 Å². The Morgan fingerprint density at radius 2 is 1.40 bits per heavy atom. The van der Waals surface area contributed by atoms with Crippen LogP contribution in [0, 0.1) is 0 Å². The zero-order valence-electron chi connectivity index (χ0n) is 14.8. The number of aliphatic hydroxyl groups excluding tert-OH is 1. The van der Waals surface area contributed by atoms with E-state index in [1.54, 1.807) is 0 Å². The van der Waals surface area contributed by atoms with Gasteiger partial charge in [-0.1, -0.05) is 60.7 Å². The smallest absolute Gasteiger partial charge is 0.0685 e. The number of nitrogens with zero attached hydrogens (tertiary/aromatic N) is 2. The van der Waals surface area contributed by atoms with Gasteiger partial charge in [-0.05, 0) is 30.4 Å². The van der Waals surface area contributed by atoms with Crippen LogP contribution in [0.1, 0.15) is 30.4 Å². The van der Waals surface area contributed by atoms with E-state index in [9.17, 15) is 5.11 Å². The molecule has 2 aromatic carbocycles. The quantitative estimate of drug-likeness (QED) is 0.928. The lowest BCUT2D eigenvalue weighted by Crippen LogP contribution is -2.51. The largest absolute Gasteiger partial charge is 0.392 e. The maximum atomic E-state index is 10.3. The normalized spacial score (nSPS) is 24.0. The molecule has 2 heterocycles. The zero-order chi connectivity index (χ0) is 17.1. The molecule has 132 valence electrons. The molecule has 3 heteroatoms. The van der Waals surface area contributed by atoms with Crippen molar-refractivity contribution < 1.29 is 5.11 Å². The molecule has 4 rings (SSSR count). The number of hydrogen-bond donors (Lipinski definition) is 1. The van der Waals surface area contributed by atoms with E-state index in [1.807, 2.05) is 0 Å². The van der Waals surface area contributed by atoms with Crippen molar-refractivity contribution in [3.05, 3.63) is 71.8 Å². The molecule has 2 fully saturated rings. The average molecular weight is 336 g/mol. The molecular weight excluding hydrogens is 308 g/mol. The van der Waals surface area contributed by atoms with Crippen LogP contribution in [0.3, 0.4) is 0 Å². The van der Waals surface area contributed by atoms with Crippen LogP contribution >= 0.6 is 0 Å². The van der Waals surface area contributed by atoms with Crippen molar-refractivity contribution in [2.75, 3.05) is 19.6 Å². The Morgan fingerprint density at radius 3 is 2.00 bits per heavy atom. The molecule has 2 aliphatic rings. The van der Waals surface area contributed by atoms with Gasteiger partial charge in [-0.15, -0.1) is 0 Å². The fourth-order valence-corrected chi connectivity index (χ4v) is 4.61. The Morgan fingerprint density at radius 1 is 0.840 bits per heavy atom. The molecule has 2 aliphatic heterocycles. The Kier molecular flexibility index (Phi) is 4.89. The maximum absolute atomic E-state index is 10.3. The lowest BCUT2D eigenvalue weighted by Gasteiger charge is -2.45. The van der Waals surface area contributed by atoms with Gasteiger partial charge in [0.2, 0.25) is 0 Å². The van der Waals surface area contributed by atoms with Gasteiger partial charge < -0.3 is 5.11 Å². The third-order valence-corrected chi connectivity index (χ3v) is 5.97. The van der Waals surface area contributed by atoms with Gasteiger partial charge >= 0.3 is 0 Å². The first-order valence-corrected chi connectivity index (χ1v) is 9.47. The summed E-state index contributed by atoms with van der Waals surface area (Å²) < 4.78 is 0. The summed E-state index contributed by atoms with van der Waals surface area (Å²) in [6.07, 6.45) is 3.07. The molecule has 2 aromatic rings. The van der Waals surface area contributed by atoms with Gasteiger partial charge in [-0.2, -0.15) is 0 Å². The van der Waals surface area contributed by atoms with E-state index in [4.69, 9.17) is 0 Å². The molecule has 1 atom stereocenters. The Bertz CT molecular complexity index is 665. The molecule has 1 N–H and O–H groups in total. The minimum atomic E-state index is -0.176. The molecule has 3 nitrogen and oxygen atoms in total. The number of benzene rings is 2.